The lowest BCUT2D eigenvalue weighted by atomic mass is 10.1. The summed E-state index contributed by atoms with van der Waals surface area (Å²) in [4.78, 5) is 14.7. The Hall–Kier alpha value is -2.17. The third-order valence-electron chi connectivity index (χ3n) is 4.43. The predicted octanol–water partition coefficient (Wildman–Crippen LogP) is 3.11. The molecule has 1 aliphatic heterocycles. The number of amides is 1. The maximum atomic E-state index is 12.8. The number of rotatable bonds is 3. The molecule has 0 saturated carbocycles. The highest BCUT2D eigenvalue weighted by Crippen LogP contribution is 2.26. The summed E-state index contributed by atoms with van der Waals surface area (Å²) in [6, 6.07) is 6.31. The first-order valence-electron chi connectivity index (χ1n) is 8.22. The average Bonchev–Trinajstić information content (AvgIpc) is 3.14. The fraction of sp³-hybridized carbons (Fsp3) is 0.500. The van der Waals surface area contributed by atoms with Gasteiger partial charge in [0.25, 0.3) is 5.91 Å². The lowest BCUT2D eigenvalue weighted by Crippen LogP contribution is -2.29. The summed E-state index contributed by atoms with van der Waals surface area (Å²) in [6.45, 7) is 9.81. The van der Waals surface area contributed by atoms with Crippen molar-refractivity contribution in [2.75, 3.05) is 13.1 Å². The fourth-order valence-electron chi connectivity index (χ4n) is 3.38. The second-order valence-electron chi connectivity index (χ2n) is 6.82. The highest BCUT2D eigenvalue weighted by molar-refractivity contribution is 5.94. The van der Waals surface area contributed by atoms with Gasteiger partial charge in [-0.15, -0.1) is 10.2 Å². The van der Waals surface area contributed by atoms with Gasteiger partial charge in [-0.25, -0.2) is 0 Å². The second kappa shape index (κ2) is 6.14. The minimum absolute atomic E-state index is 0.124. The van der Waals surface area contributed by atoms with Crippen molar-refractivity contribution in [1.82, 2.24) is 19.7 Å². The molecule has 0 bridgehead atoms. The Balaban J connectivity index is 1.77. The van der Waals surface area contributed by atoms with Crippen LogP contribution in [0.5, 0.6) is 0 Å². The van der Waals surface area contributed by atoms with E-state index < -0.39 is 0 Å². The van der Waals surface area contributed by atoms with Gasteiger partial charge in [0.05, 0.1) is 6.04 Å². The van der Waals surface area contributed by atoms with Gasteiger partial charge in [0.2, 0.25) is 0 Å². The largest absolute Gasteiger partial charge is 0.336 e. The molecule has 2 aromatic rings. The molecular formula is C18H24N4O. The Kier molecular flexibility index (Phi) is 4.20. The first-order chi connectivity index (χ1) is 11.0. The molecule has 5 heteroatoms. The Labute approximate surface area is 137 Å². The molecule has 1 unspecified atom stereocenters. The van der Waals surface area contributed by atoms with Crippen LogP contribution in [-0.2, 0) is 0 Å². The zero-order valence-corrected chi connectivity index (χ0v) is 14.3. The first-order valence-corrected chi connectivity index (χ1v) is 8.22. The minimum Gasteiger partial charge on any atom is -0.336 e. The molecule has 2 heterocycles. The third-order valence-corrected chi connectivity index (χ3v) is 4.43. The van der Waals surface area contributed by atoms with E-state index in [0.717, 1.165) is 42.0 Å². The van der Waals surface area contributed by atoms with Crippen LogP contribution in [0.2, 0.25) is 0 Å². The van der Waals surface area contributed by atoms with Crippen molar-refractivity contribution in [3.63, 3.8) is 0 Å². The van der Waals surface area contributed by atoms with E-state index in [9.17, 15) is 4.79 Å². The van der Waals surface area contributed by atoms with Gasteiger partial charge in [0.1, 0.15) is 12.2 Å². The molecule has 0 N–H and O–H groups in total. The molecule has 23 heavy (non-hydrogen) atoms. The number of carbonyl (C=O) groups is 1. The van der Waals surface area contributed by atoms with E-state index in [1.54, 1.807) is 6.33 Å². The highest BCUT2D eigenvalue weighted by atomic mass is 16.2. The minimum atomic E-state index is 0.124. The molecule has 0 radical (unpaired) electrons. The lowest BCUT2D eigenvalue weighted by Gasteiger charge is -2.19. The molecule has 0 aliphatic carbocycles. The van der Waals surface area contributed by atoms with Gasteiger partial charge >= 0.3 is 0 Å². The van der Waals surface area contributed by atoms with Crippen LogP contribution in [0.4, 0.5) is 0 Å². The molecule has 1 fully saturated rings. The standard InChI is InChI=1S/C18H24N4O/c1-12(2)17-20-19-11-22(17)16-5-6-21(10-16)18(23)15-8-13(3)7-14(4)9-15/h7-9,11-12,16H,5-6,10H2,1-4H3. The van der Waals surface area contributed by atoms with Crippen LogP contribution in [0, 0.1) is 13.8 Å². The summed E-state index contributed by atoms with van der Waals surface area (Å²) in [6.07, 6.45) is 2.75. The van der Waals surface area contributed by atoms with E-state index in [0.29, 0.717) is 5.92 Å². The maximum absolute atomic E-state index is 12.8. The van der Waals surface area contributed by atoms with Crippen molar-refractivity contribution in [2.24, 2.45) is 0 Å². The Morgan fingerprint density at radius 3 is 2.57 bits per heavy atom. The van der Waals surface area contributed by atoms with Gasteiger partial charge < -0.3 is 9.47 Å². The second-order valence-corrected chi connectivity index (χ2v) is 6.82. The Bertz CT molecular complexity index is 699. The Morgan fingerprint density at radius 2 is 1.91 bits per heavy atom. The number of hydrogen-bond acceptors (Lipinski definition) is 3. The van der Waals surface area contributed by atoms with Crippen molar-refractivity contribution in [3.8, 4) is 0 Å². The summed E-state index contributed by atoms with van der Waals surface area (Å²) in [7, 11) is 0. The average molecular weight is 312 g/mol. The molecule has 1 aromatic heterocycles. The fourth-order valence-corrected chi connectivity index (χ4v) is 3.38. The number of nitrogens with zero attached hydrogens (tertiary/aromatic N) is 4. The molecule has 122 valence electrons. The van der Waals surface area contributed by atoms with Crippen molar-refractivity contribution in [1.29, 1.82) is 0 Å². The summed E-state index contributed by atoms with van der Waals surface area (Å²) in [5, 5.41) is 8.27. The van der Waals surface area contributed by atoms with E-state index in [4.69, 9.17) is 0 Å². The van der Waals surface area contributed by atoms with Crippen LogP contribution in [-0.4, -0.2) is 38.7 Å². The molecule has 1 atom stereocenters. The predicted molar refractivity (Wildman–Crippen MR) is 89.6 cm³/mol. The zero-order chi connectivity index (χ0) is 16.6. The van der Waals surface area contributed by atoms with E-state index in [1.807, 2.05) is 30.9 Å². The van der Waals surface area contributed by atoms with Gasteiger partial charge in [-0.3, -0.25) is 4.79 Å². The molecule has 1 saturated heterocycles. The molecule has 5 nitrogen and oxygen atoms in total. The lowest BCUT2D eigenvalue weighted by molar-refractivity contribution is 0.0787. The van der Waals surface area contributed by atoms with Crippen molar-refractivity contribution < 1.29 is 4.79 Å². The molecule has 1 amide bonds. The molecule has 3 rings (SSSR count). The summed E-state index contributed by atoms with van der Waals surface area (Å²) < 4.78 is 2.14. The van der Waals surface area contributed by atoms with Crippen LogP contribution in [0.3, 0.4) is 0 Å². The van der Waals surface area contributed by atoms with E-state index in [2.05, 4.69) is 34.7 Å². The summed E-state index contributed by atoms with van der Waals surface area (Å²) in [5.74, 6) is 1.45. The maximum Gasteiger partial charge on any atom is 0.253 e. The van der Waals surface area contributed by atoms with Crippen molar-refractivity contribution >= 4 is 5.91 Å². The van der Waals surface area contributed by atoms with E-state index in [1.165, 1.54) is 0 Å². The quantitative estimate of drug-likeness (QED) is 0.875. The van der Waals surface area contributed by atoms with Crippen LogP contribution >= 0.6 is 0 Å². The molecular weight excluding hydrogens is 288 g/mol. The smallest absolute Gasteiger partial charge is 0.253 e. The van der Waals surface area contributed by atoms with Gasteiger partial charge in [0, 0.05) is 24.6 Å². The van der Waals surface area contributed by atoms with E-state index in [-0.39, 0.29) is 11.9 Å². The summed E-state index contributed by atoms with van der Waals surface area (Å²) in [5.41, 5.74) is 3.05. The topological polar surface area (TPSA) is 51.0 Å². The SMILES string of the molecule is Cc1cc(C)cc(C(=O)N2CCC(n3cnnc3C(C)C)C2)c1. The van der Waals surface area contributed by atoms with Crippen LogP contribution in [0.15, 0.2) is 24.5 Å². The zero-order valence-electron chi connectivity index (χ0n) is 14.3. The number of hydrogen-bond donors (Lipinski definition) is 0. The van der Waals surface area contributed by atoms with E-state index >= 15 is 0 Å². The molecule has 0 spiro atoms. The monoisotopic (exact) mass is 312 g/mol. The normalized spacial score (nSPS) is 18.0. The number of aryl methyl sites for hydroxylation is 2. The number of benzene rings is 1. The number of likely N-dealkylation sites (tertiary alicyclic amines) is 1. The molecule has 1 aromatic carbocycles. The number of aromatic nitrogens is 3. The van der Waals surface area contributed by atoms with Crippen LogP contribution in [0.25, 0.3) is 0 Å². The van der Waals surface area contributed by atoms with Gasteiger partial charge in [-0.05, 0) is 32.4 Å². The molecule has 1 aliphatic rings. The first kappa shape index (κ1) is 15.7. The number of carbonyl (C=O) groups excluding carboxylic acids is 1. The van der Waals surface area contributed by atoms with Gasteiger partial charge in [0.15, 0.2) is 0 Å². The van der Waals surface area contributed by atoms with Gasteiger partial charge in [-0.2, -0.15) is 0 Å². The Morgan fingerprint density at radius 1 is 1.22 bits per heavy atom. The highest BCUT2D eigenvalue weighted by Gasteiger charge is 2.29. The van der Waals surface area contributed by atoms with Crippen molar-refractivity contribution in [2.45, 2.75) is 46.1 Å². The van der Waals surface area contributed by atoms with Crippen LogP contribution in [0.1, 0.15) is 59.5 Å². The van der Waals surface area contributed by atoms with Gasteiger partial charge in [-0.1, -0.05) is 31.0 Å². The third kappa shape index (κ3) is 3.14. The van der Waals surface area contributed by atoms with Crippen LogP contribution < -0.4 is 0 Å². The van der Waals surface area contributed by atoms with Crippen molar-refractivity contribution in [3.05, 3.63) is 47.0 Å². The summed E-state index contributed by atoms with van der Waals surface area (Å²) >= 11 is 0.